The third-order valence-electron chi connectivity index (χ3n) is 8.23. The van der Waals surface area contributed by atoms with E-state index in [1.165, 1.54) is 5.56 Å². The number of halogens is 2. The van der Waals surface area contributed by atoms with Crippen molar-refractivity contribution >= 4 is 45.0 Å². The Hall–Kier alpha value is -4.11. The topological polar surface area (TPSA) is 84.3 Å². The predicted octanol–water partition coefficient (Wildman–Crippen LogP) is 8.36. The van der Waals surface area contributed by atoms with E-state index in [1.807, 2.05) is 29.0 Å². The number of anilines is 1. The number of rotatable bonds is 7. The molecule has 2 heterocycles. The minimum Gasteiger partial charge on any atom is -0.303 e. The van der Waals surface area contributed by atoms with Gasteiger partial charge < -0.3 is 4.57 Å². The third-order valence-corrected chi connectivity index (χ3v) is 10.2. The molecule has 7 nitrogen and oxygen atoms in total. The number of hydrogen-bond acceptors (Lipinski definition) is 4. The fourth-order valence-electron chi connectivity index (χ4n) is 5.70. The smallest absolute Gasteiger partial charge is 0.303 e. The first kappa shape index (κ1) is 31.9. The van der Waals surface area contributed by atoms with Gasteiger partial charge in [-0.05, 0) is 76.6 Å². The second kappa shape index (κ2) is 12.2. The summed E-state index contributed by atoms with van der Waals surface area (Å²) in [5.74, 6) is 0.244. The molecule has 0 saturated carbocycles. The molecule has 1 atom stereocenters. The summed E-state index contributed by atoms with van der Waals surface area (Å²) < 4.78 is 30.6. The van der Waals surface area contributed by atoms with Gasteiger partial charge in [-0.2, -0.15) is 8.42 Å². The van der Waals surface area contributed by atoms with Gasteiger partial charge in [0, 0.05) is 28.9 Å². The number of nitrogens with zero attached hydrogens (tertiary/aromatic N) is 3. The van der Waals surface area contributed by atoms with Gasteiger partial charge in [0.2, 0.25) is 0 Å². The van der Waals surface area contributed by atoms with Gasteiger partial charge in [-0.15, -0.1) is 0 Å². The van der Waals surface area contributed by atoms with Crippen molar-refractivity contribution in [1.82, 2.24) is 14.3 Å². The average molecular weight is 674 g/mol. The van der Waals surface area contributed by atoms with Gasteiger partial charge in [-0.1, -0.05) is 99.4 Å². The summed E-state index contributed by atoms with van der Waals surface area (Å²) in [6, 6.07) is 28.7. The number of carbonyl (C=O) groups is 1. The molecule has 236 valence electrons. The molecule has 1 amide bonds. The SMILES string of the molecule is CCC1C(=O)NS(=O)(=O)N1c1ccc(-n2cc(-c3ccc(Cl)cc3Cl)nc2Cc2ccc(-c3ccc(C(C)(C)C)cc3)cc2)cc1. The number of benzene rings is 4. The second-order valence-electron chi connectivity index (χ2n) is 12.4. The van der Waals surface area contributed by atoms with E-state index in [1.54, 1.807) is 31.2 Å². The third kappa shape index (κ3) is 6.30. The summed E-state index contributed by atoms with van der Waals surface area (Å²) in [6.45, 7) is 8.41. The molecule has 46 heavy (non-hydrogen) atoms. The number of carbonyl (C=O) groups excluding carboxylic acids is 1. The molecule has 1 aromatic heterocycles. The van der Waals surface area contributed by atoms with Gasteiger partial charge in [0.05, 0.1) is 16.4 Å². The van der Waals surface area contributed by atoms with Crippen molar-refractivity contribution in [3.63, 3.8) is 0 Å². The van der Waals surface area contributed by atoms with E-state index in [-0.39, 0.29) is 5.41 Å². The van der Waals surface area contributed by atoms with Gasteiger partial charge in [0.1, 0.15) is 11.9 Å². The van der Waals surface area contributed by atoms with Crippen LogP contribution in [0.15, 0.2) is 97.2 Å². The van der Waals surface area contributed by atoms with E-state index >= 15 is 0 Å². The lowest BCUT2D eigenvalue weighted by Gasteiger charge is -2.21. The summed E-state index contributed by atoms with van der Waals surface area (Å²) in [6.07, 6.45) is 2.80. The number of amides is 1. The summed E-state index contributed by atoms with van der Waals surface area (Å²) in [5.41, 5.74) is 7.36. The van der Waals surface area contributed by atoms with Crippen LogP contribution >= 0.6 is 23.2 Å². The molecular formula is C36H34Cl2N4O3S. The van der Waals surface area contributed by atoms with Crippen LogP contribution in [0.3, 0.4) is 0 Å². The van der Waals surface area contributed by atoms with Gasteiger partial charge in [0.25, 0.3) is 5.91 Å². The molecule has 1 saturated heterocycles. The van der Waals surface area contributed by atoms with Crippen molar-refractivity contribution in [2.75, 3.05) is 4.31 Å². The van der Waals surface area contributed by atoms with E-state index in [2.05, 4.69) is 74.0 Å². The standard InChI is InChI=1S/C36H34Cl2N4O3S/c1-5-33-35(43)40-46(44,45)42(33)29-17-15-28(16-18-29)41-22-32(30-19-14-27(37)21-31(30)38)39-34(41)20-23-6-8-24(9-7-23)25-10-12-26(13-11-25)36(2,3)4/h6-19,21-22,33H,5,20H2,1-4H3,(H,40,43). The maximum absolute atomic E-state index is 12.7. The Morgan fingerprint density at radius 1 is 0.848 bits per heavy atom. The average Bonchev–Trinajstić information content (AvgIpc) is 3.53. The van der Waals surface area contributed by atoms with Crippen LogP contribution in [0.4, 0.5) is 5.69 Å². The highest BCUT2D eigenvalue weighted by atomic mass is 35.5. The van der Waals surface area contributed by atoms with E-state index in [4.69, 9.17) is 28.2 Å². The molecule has 10 heteroatoms. The fourth-order valence-corrected chi connectivity index (χ4v) is 7.68. The molecule has 1 unspecified atom stereocenters. The van der Waals surface area contributed by atoms with Crippen LogP contribution in [-0.2, 0) is 26.8 Å². The van der Waals surface area contributed by atoms with Crippen LogP contribution in [0.2, 0.25) is 10.0 Å². The first-order valence-corrected chi connectivity index (χ1v) is 17.2. The number of imidazole rings is 1. The summed E-state index contributed by atoms with van der Waals surface area (Å²) in [7, 11) is -3.96. The normalized spacial score (nSPS) is 16.1. The molecule has 0 spiro atoms. The van der Waals surface area contributed by atoms with Crippen molar-refractivity contribution in [2.24, 2.45) is 0 Å². The Morgan fingerprint density at radius 2 is 1.46 bits per heavy atom. The Morgan fingerprint density at radius 3 is 2.04 bits per heavy atom. The van der Waals surface area contributed by atoms with E-state index in [0.717, 1.165) is 38.1 Å². The summed E-state index contributed by atoms with van der Waals surface area (Å²) >= 11 is 12.7. The quantitative estimate of drug-likeness (QED) is 0.188. The second-order valence-corrected chi connectivity index (χ2v) is 14.8. The minimum absolute atomic E-state index is 0.0970. The molecule has 6 rings (SSSR count). The summed E-state index contributed by atoms with van der Waals surface area (Å²) in [5, 5.41) is 1.02. The van der Waals surface area contributed by atoms with Crippen molar-refractivity contribution in [3.8, 4) is 28.1 Å². The molecule has 0 radical (unpaired) electrons. The maximum Gasteiger partial charge on any atom is 0.326 e. The highest BCUT2D eigenvalue weighted by Crippen LogP contribution is 2.33. The first-order valence-electron chi connectivity index (χ1n) is 15.0. The van der Waals surface area contributed by atoms with Crippen LogP contribution in [-0.4, -0.2) is 29.9 Å². The maximum atomic E-state index is 12.7. The van der Waals surface area contributed by atoms with Gasteiger partial charge in [0.15, 0.2) is 0 Å². The van der Waals surface area contributed by atoms with Gasteiger partial charge >= 0.3 is 10.2 Å². The lowest BCUT2D eigenvalue weighted by atomic mass is 9.86. The zero-order valence-corrected chi connectivity index (χ0v) is 28.3. The number of aromatic nitrogens is 2. The Balaban J connectivity index is 1.34. The van der Waals surface area contributed by atoms with Crippen molar-refractivity contribution < 1.29 is 13.2 Å². The Bertz CT molecular complexity index is 2020. The summed E-state index contributed by atoms with van der Waals surface area (Å²) in [4.78, 5) is 17.3. The van der Waals surface area contributed by atoms with Crippen LogP contribution < -0.4 is 9.03 Å². The van der Waals surface area contributed by atoms with Gasteiger partial charge in [-0.3, -0.25) is 4.79 Å². The highest BCUT2D eigenvalue weighted by molar-refractivity contribution is 7.92. The number of nitrogens with one attached hydrogen (secondary N) is 1. The molecule has 1 aliphatic rings. The van der Waals surface area contributed by atoms with Crippen LogP contribution in [0.1, 0.15) is 51.1 Å². The zero-order chi connectivity index (χ0) is 32.8. The molecule has 4 aromatic carbocycles. The molecule has 1 N–H and O–H groups in total. The first-order chi connectivity index (χ1) is 21.8. The van der Waals surface area contributed by atoms with Crippen molar-refractivity contribution in [3.05, 3.63) is 124 Å². The lowest BCUT2D eigenvalue weighted by Crippen LogP contribution is -2.35. The molecule has 1 fully saturated rings. The predicted molar refractivity (Wildman–Crippen MR) is 186 cm³/mol. The minimum atomic E-state index is -3.96. The van der Waals surface area contributed by atoms with Crippen LogP contribution in [0, 0.1) is 0 Å². The van der Waals surface area contributed by atoms with E-state index < -0.39 is 22.2 Å². The van der Waals surface area contributed by atoms with E-state index in [9.17, 15) is 13.2 Å². The fraction of sp³-hybridized carbons (Fsp3) is 0.222. The van der Waals surface area contributed by atoms with Crippen molar-refractivity contribution in [1.29, 1.82) is 0 Å². The highest BCUT2D eigenvalue weighted by Gasteiger charge is 2.42. The van der Waals surface area contributed by atoms with Crippen LogP contribution in [0.5, 0.6) is 0 Å². The molecule has 5 aromatic rings. The van der Waals surface area contributed by atoms with Gasteiger partial charge in [-0.25, -0.2) is 14.0 Å². The zero-order valence-electron chi connectivity index (χ0n) is 26.0. The Labute approximate surface area is 280 Å². The van der Waals surface area contributed by atoms with Crippen molar-refractivity contribution in [2.45, 2.75) is 52.0 Å². The van der Waals surface area contributed by atoms with E-state index in [0.29, 0.717) is 34.3 Å². The molecular weight excluding hydrogens is 639 g/mol. The lowest BCUT2D eigenvalue weighted by molar-refractivity contribution is -0.119. The number of hydrogen-bond donors (Lipinski definition) is 1. The van der Waals surface area contributed by atoms with Crippen LogP contribution in [0.25, 0.3) is 28.1 Å². The molecule has 0 bridgehead atoms. The largest absolute Gasteiger partial charge is 0.326 e. The Kier molecular flexibility index (Phi) is 8.48. The monoisotopic (exact) mass is 672 g/mol. The molecule has 1 aliphatic heterocycles. The molecule has 0 aliphatic carbocycles.